The molecule has 2 fully saturated rings. The molecule has 0 radical (unpaired) electrons. The molecule has 1 aliphatic heterocycles. The molecular formula is C24H29N7O3S. The number of ketones is 1. The molecule has 1 saturated heterocycles. The molecule has 2 aliphatic rings. The van der Waals surface area contributed by atoms with E-state index >= 15 is 0 Å². The molecule has 0 unspecified atom stereocenters. The van der Waals surface area contributed by atoms with Crippen molar-refractivity contribution in [3.8, 4) is 0 Å². The highest BCUT2D eigenvalue weighted by Crippen LogP contribution is 2.41. The minimum absolute atomic E-state index is 0.0200. The second-order valence-corrected chi connectivity index (χ2v) is 10.1. The van der Waals surface area contributed by atoms with Gasteiger partial charge in [-0.1, -0.05) is 42.1 Å². The van der Waals surface area contributed by atoms with Gasteiger partial charge in [-0.25, -0.2) is 4.79 Å². The predicted molar refractivity (Wildman–Crippen MR) is 135 cm³/mol. The number of nitrogen functional groups attached to an aromatic ring is 1. The third-order valence-corrected chi connectivity index (χ3v) is 7.52. The lowest BCUT2D eigenvalue weighted by Gasteiger charge is -2.27. The summed E-state index contributed by atoms with van der Waals surface area (Å²) in [5, 5.41) is 9.50. The van der Waals surface area contributed by atoms with Gasteiger partial charge >= 0.3 is 5.69 Å². The quantitative estimate of drug-likeness (QED) is 0.372. The van der Waals surface area contributed by atoms with Crippen LogP contribution in [0.5, 0.6) is 0 Å². The van der Waals surface area contributed by atoms with Crippen molar-refractivity contribution in [1.82, 2.24) is 23.9 Å². The van der Waals surface area contributed by atoms with Gasteiger partial charge in [0.05, 0.1) is 12.3 Å². The van der Waals surface area contributed by atoms with Crippen molar-refractivity contribution in [3.63, 3.8) is 0 Å². The molecule has 10 nitrogen and oxygen atoms in total. The van der Waals surface area contributed by atoms with E-state index in [1.165, 1.54) is 29.8 Å². The Kier molecular flexibility index (Phi) is 6.50. The Morgan fingerprint density at radius 3 is 2.49 bits per heavy atom. The van der Waals surface area contributed by atoms with Gasteiger partial charge in [0.1, 0.15) is 11.4 Å². The van der Waals surface area contributed by atoms with Crippen LogP contribution in [0.4, 0.5) is 11.8 Å². The van der Waals surface area contributed by atoms with Crippen LogP contribution in [0.2, 0.25) is 0 Å². The van der Waals surface area contributed by atoms with Crippen LogP contribution in [0.1, 0.15) is 54.1 Å². The third-order valence-electron chi connectivity index (χ3n) is 6.58. The summed E-state index contributed by atoms with van der Waals surface area (Å²) in [5.74, 6) is 0.312. The Morgan fingerprint density at radius 2 is 1.80 bits per heavy atom. The first-order valence-electron chi connectivity index (χ1n) is 11.9. The minimum atomic E-state index is -0.680. The summed E-state index contributed by atoms with van der Waals surface area (Å²) < 4.78 is 4.36. The Morgan fingerprint density at radius 1 is 1.09 bits per heavy atom. The van der Waals surface area contributed by atoms with Crippen molar-refractivity contribution in [2.24, 2.45) is 7.05 Å². The highest BCUT2D eigenvalue weighted by atomic mass is 32.2. The number of hydrogen-bond donors (Lipinski definition) is 1. The van der Waals surface area contributed by atoms with Gasteiger partial charge in [-0.3, -0.25) is 23.3 Å². The van der Waals surface area contributed by atoms with E-state index in [2.05, 4.69) is 19.7 Å². The molecular weight excluding hydrogens is 466 g/mol. The van der Waals surface area contributed by atoms with Crippen LogP contribution >= 0.6 is 11.8 Å². The zero-order valence-corrected chi connectivity index (χ0v) is 20.5. The summed E-state index contributed by atoms with van der Waals surface area (Å²) in [6.45, 7) is 2.09. The Labute approximate surface area is 206 Å². The number of nitrogens with two attached hydrogens (primary N) is 1. The van der Waals surface area contributed by atoms with Gasteiger partial charge in [0.25, 0.3) is 5.56 Å². The maximum atomic E-state index is 13.2. The molecule has 3 heterocycles. The Balaban J connectivity index is 1.40. The van der Waals surface area contributed by atoms with E-state index in [9.17, 15) is 14.4 Å². The lowest BCUT2D eigenvalue weighted by molar-refractivity contribution is 0.102. The molecule has 5 rings (SSSR count). The number of anilines is 2. The molecule has 0 atom stereocenters. The number of aromatic nitrogens is 5. The number of nitrogens with zero attached hydrogens (tertiary/aromatic N) is 6. The number of carbonyl (C=O) groups excluding carboxylic acids is 1. The van der Waals surface area contributed by atoms with Gasteiger partial charge in [0.15, 0.2) is 10.9 Å². The number of rotatable bonds is 8. The van der Waals surface area contributed by atoms with Crippen molar-refractivity contribution in [1.29, 1.82) is 0 Å². The van der Waals surface area contributed by atoms with Gasteiger partial charge in [-0.2, -0.15) is 0 Å². The lowest BCUT2D eigenvalue weighted by atomic mass is 10.1. The molecule has 35 heavy (non-hydrogen) atoms. The van der Waals surface area contributed by atoms with E-state index < -0.39 is 17.0 Å². The summed E-state index contributed by atoms with van der Waals surface area (Å²) in [4.78, 5) is 41.1. The van der Waals surface area contributed by atoms with Crippen molar-refractivity contribution < 1.29 is 4.79 Å². The van der Waals surface area contributed by atoms with Gasteiger partial charge < -0.3 is 10.6 Å². The summed E-state index contributed by atoms with van der Waals surface area (Å²) in [5.41, 5.74) is 5.69. The first-order valence-corrected chi connectivity index (χ1v) is 12.9. The van der Waals surface area contributed by atoms with Crippen molar-refractivity contribution in [2.75, 3.05) is 29.5 Å². The molecule has 1 aromatic carbocycles. The molecule has 0 bridgehead atoms. The zero-order chi connectivity index (χ0) is 24.5. The van der Waals surface area contributed by atoms with Gasteiger partial charge in [-0.15, -0.1) is 10.2 Å². The van der Waals surface area contributed by atoms with Crippen LogP contribution in [0.15, 0.2) is 45.1 Å². The van der Waals surface area contributed by atoms with E-state index in [1.54, 1.807) is 0 Å². The SMILES string of the molecule is Cn1c(=O)c(C(=O)CSc2nnc(N3CCCCC3)n2C2CC2)c(N)n(Cc2ccccc2)c1=O. The number of Topliss-reactive ketones (excluding diaryl/α,β-unsaturated/α-hetero) is 1. The average Bonchev–Trinajstić information content (AvgIpc) is 3.63. The van der Waals surface area contributed by atoms with Gasteiger partial charge in [0, 0.05) is 26.2 Å². The molecule has 0 spiro atoms. The molecule has 184 valence electrons. The Hall–Kier alpha value is -3.34. The Bertz CT molecular complexity index is 1350. The van der Waals surface area contributed by atoms with Crippen LogP contribution in [0.25, 0.3) is 0 Å². The van der Waals surface area contributed by atoms with E-state index in [0.717, 1.165) is 54.9 Å². The number of carbonyl (C=O) groups is 1. The van der Waals surface area contributed by atoms with E-state index in [4.69, 9.17) is 5.73 Å². The standard InChI is InChI=1S/C24H29N7O3S/c1-28-21(33)19(20(25)30(24(28)34)14-16-8-4-2-5-9-16)18(32)15-35-23-27-26-22(31(23)17-10-11-17)29-12-6-3-7-13-29/h2,4-5,8-9,17H,3,6-7,10-15,25H2,1H3. The number of piperidine rings is 1. The third kappa shape index (κ3) is 4.64. The summed E-state index contributed by atoms with van der Waals surface area (Å²) in [7, 11) is 1.37. The van der Waals surface area contributed by atoms with Crippen LogP contribution in [0.3, 0.4) is 0 Å². The number of benzene rings is 1. The normalized spacial score (nSPS) is 16.0. The van der Waals surface area contributed by atoms with Gasteiger partial charge in [0.2, 0.25) is 5.95 Å². The average molecular weight is 496 g/mol. The minimum Gasteiger partial charge on any atom is -0.384 e. The van der Waals surface area contributed by atoms with Crippen LogP contribution in [0, 0.1) is 0 Å². The van der Waals surface area contributed by atoms with Gasteiger partial charge in [-0.05, 0) is 37.7 Å². The fraction of sp³-hybridized carbons (Fsp3) is 0.458. The van der Waals surface area contributed by atoms with Crippen LogP contribution < -0.4 is 21.9 Å². The van der Waals surface area contributed by atoms with Crippen molar-refractivity contribution >= 4 is 29.3 Å². The summed E-state index contributed by atoms with van der Waals surface area (Å²) >= 11 is 1.26. The summed E-state index contributed by atoms with van der Waals surface area (Å²) in [6.07, 6.45) is 5.64. The first kappa shape index (κ1) is 23.4. The number of hydrogen-bond acceptors (Lipinski definition) is 8. The molecule has 3 aromatic rings. The maximum absolute atomic E-state index is 13.2. The van der Waals surface area contributed by atoms with Crippen LogP contribution in [-0.4, -0.2) is 48.5 Å². The van der Waals surface area contributed by atoms with E-state index in [-0.39, 0.29) is 23.7 Å². The molecule has 2 N–H and O–H groups in total. The largest absolute Gasteiger partial charge is 0.384 e. The summed E-state index contributed by atoms with van der Waals surface area (Å²) in [6, 6.07) is 9.66. The van der Waals surface area contributed by atoms with Crippen molar-refractivity contribution in [2.45, 2.75) is 49.8 Å². The number of thioether (sulfide) groups is 1. The molecule has 11 heteroatoms. The highest BCUT2D eigenvalue weighted by Gasteiger charge is 2.32. The predicted octanol–water partition coefficient (Wildman–Crippen LogP) is 2.07. The second-order valence-electron chi connectivity index (χ2n) is 9.12. The lowest BCUT2D eigenvalue weighted by Crippen LogP contribution is -2.43. The maximum Gasteiger partial charge on any atom is 0.332 e. The van der Waals surface area contributed by atoms with E-state index in [0.29, 0.717) is 11.2 Å². The first-order chi connectivity index (χ1) is 17.0. The second kappa shape index (κ2) is 9.73. The topological polar surface area (TPSA) is 121 Å². The molecule has 1 aliphatic carbocycles. The van der Waals surface area contributed by atoms with Crippen molar-refractivity contribution in [3.05, 3.63) is 62.3 Å². The molecule has 1 saturated carbocycles. The van der Waals surface area contributed by atoms with Crippen LogP contribution in [-0.2, 0) is 13.6 Å². The van der Waals surface area contributed by atoms with E-state index in [1.807, 2.05) is 30.3 Å². The smallest absolute Gasteiger partial charge is 0.332 e. The highest BCUT2D eigenvalue weighted by molar-refractivity contribution is 7.99. The fourth-order valence-electron chi connectivity index (χ4n) is 4.50. The fourth-order valence-corrected chi connectivity index (χ4v) is 5.37. The molecule has 0 amide bonds. The monoisotopic (exact) mass is 495 g/mol. The zero-order valence-electron chi connectivity index (χ0n) is 19.7. The molecule has 2 aromatic heterocycles.